The zero-order valence-corrected chi connectivity index (χ0v) is 21.2. The van der Waals surface area contributed by atoms with Crippen molar-refractivity contribution in [3.8, 4) is 11.5 Å². The molecule has 0 bridgehead atoms. The number of sulfone groups is 1. The first-order valence-electron chi connectivity index (χ1n) is 11.7. The number of aliphatic imine (C=N–C) groups is 1. The summed E-state index contributed by atoms with van der Waals surface area (Å²) in [5, 5.41) is 6.75. The Bertz CT molecular complexity index is 1660. The van der Waals surface area contributed by atoms with Gasteiger partial charge in [0, 0.05) is 28.7 Å². The molecular weight excluding hydrogens is 492 g/mol. The molecular formula is C26H24N6O4S. The second-order valence-electron chi connectivity index (χ2n) is 9.22. The standard InChI is InChI=1S/C26H24N6O4S/c1-14-10-16(6-9-21(14)35-18-7-4-15(2)27-12-18)30-25-19-11-17(5-8-20(19)28-13-29-25)31-26-32-22-23(36-26)24(22)37(3,33)34/h4-13,22-24H,1-3H3,(H,31,32)(H,28,29,30)/t22-,23?,24?/m0/s1. The van der Waals surface area contributed by atoms with Gasteiger partial charge in [0.25, 0.3) is 6.02 Å². The number of nitrogens with one attached hydrogen (secondary N) is 2. The summed E-state index contributed by atoms with van der Waals surface area (Å²) < 4.78 is 35.1. The molecule has 2 aromatic heterocycles. The molecule has 0 saturated heterocycles. The molecule has 2 aromatic carbocycles. The minimum atomic E-state index is -3.17. The fraction of sp³-hybridized carbons (Fsp3) is 0.231. The molecule has 11 heteroatoms. The molecule has 3 atom stereocenters. The second kappa shape index (κ2) is 8.70. The predicted molar refractivity (Wildman–Crippen MR) is 141 cm³/mol. The molecule has 2 unspecified atom stereocenters. The van der Waals surface area contributed by atoms with Gasteiger partial charge in [0.15, 0.2) is 9.84 Å². The topological polar surface area (TPSA) is 128 Å². The van der Waals surface area contributed by atoms with Gasteiger partial charge in [-0.1, -0.05) is 0 Å². The highest BCUT2D eigenvalue weighted by Crippen LogP contribution is 2.41. The van der Waals surface area contributed by atoms with E-state index in [4.69, 9.17) is 9.47 Å². The van der Waals surface area contributed by atoms with Crippen molar-refractivity contribution in [1.82, 2.24) is 15.0 Å². The first-order chi connectivity index (χ1) is 17.7. The highest BCUT2D eigenvalue weighted by molar-refractivity contribution is 7.91. The molecule has 1 aliphatic carbocycles. The smallest absolute Gasteiger partial charge is 0.290 e. The van der Waals surface area contributed by atoms with Crippen molar-refractivity contribution in [2.75, 3.05) is 16.9 Å². The van der Waals surface area contributed by atoms with E-state index in [0.717, 1.165) is 39.3 Å². The molecule has 1 fully saturated rings. The predicted octanol–water partition coefficient (Wildman–Crippen LogP) is 4.14. The van der Waals surface area contributed by atoms with Gasteiger partial charge in [0.1, 0.15) is 41.0 Å². The first-order valence-corrected chi connectivity index (χ1v) is 13.6. The van der Waals surface area contributed by atoms with Crippen LogP contribution >= 0.6 is 0 Å². The molecule has 1 aliphatic heterocycles. The third kappa shape index (κ3) is 4.65. The van der Waals surface area contributed by atoms with E-state index in [1.165, 1.54) is 12.6 Å². The van der Waals surface area contributed by atoms with Gasteiger partial charge in [-0.25, -0.2) is 23.4 Å². The Morgan fingerprint density at radius 1 is 0.946 bits per heavy atom. The lowest BCUT2D eigenvalue weighted by molar-refractivity contribution is 0.304. The van der Waals surface area contributed by atoms with Crippen molar-refractivity contribution in [3.63, 3.8) is 0 Å². The van der Waals surface area contributed by atoms with Crippen LogP contribution in [-0.2, 0) is 14.6 Å². The number of ether oxygens (including phenoxy) is 2. The lowest BCUT2D eigenvalue weighted by Crippen LogP contribution is -2.20. The fourth-order valence-corrected chi connectivity index (χ4v) is 5.69. The van der Waals surface area contributed by atoms with E-state index in [0.29, 0.717) is 17.6 Å². The summed E-state index contributed by atoms with van der Waals surface area (Å²) >= 11 is 0. The monoisotopic (exact) mass is 516 g/mol. The third-order valence-corrected chi connectivity index (χ3v) is 7.84. The molecule has 1 saturated carbocycles. The Hall–Kier alpha value is -4.25. The van der Waals surface area contributed by atoms with Crippen LogP contribution in [0.5, 0.6) is 11.5 Å². The van der Waals surface area contributed by atoms with E-state index >= 15 is 0 Å². The van der Waals surface area contributed by atoms with Crippen molar-refractivity contribution in [3.05, 3.63) is 72.3 Å². The van der Waals surface area contributed by atoms with Crippen LogP contribution in [0.25, 0.3) is 10.9 Å². The number of pyridine rings is 1. The lowest BCUT2D eigenvalue weighted by atomic mass is 10.1. The average Bonchev–Trinajstić information content (AvgIpc) is 3.40. The van der Waals surface area contributed by atoms with E-state index in [1.807, 2.05) is 62.4 Å². The largest absolute Gasteiger partial charge is 0.458 e. The SMILES string of the molecule is Cc1ccc(Oc2ccc(Nc3ncnc4ccc(NC5=N[C@H]6C(O5)C6S(C)(=O)=O)cc34)cc2C)cn1. The minimum Gasteiger partial charge on any atom is -0.458 e. The van der Waals surface area contributed by atoms with E-state index < -0.39 is 21.2 Å². The summed E-state index contributed by atoms with van der Waals surface area (Å²) in [5.74, 6) is 2.05. The molecule has 6 rings (SSSR count). The maximum atomic E-state index is 11.7. The average molecular weight is 517 g/mol. The highest BCUT2D eigenvalue weighted by atomic mass is 32.2. The zero-order valence-electron chi connectivity index (χ0n) is 20.3. The van der Waals surface area contributed by atoms with Crippen LogP contribution in [0.2, 0.25) is 0 Å². The Kier molecular flexibility index (Phi) is 5.45. The number of nitrogens with zero attached hydrogens (tertiary/aromatic N) is 4. The Morgan fingerprint density at radius 3 is 2.46 bits per heavy atom. The number of aromatic nitrogens is 3. The van der Waals surface area contributed by atoms with Crippen molar-refractivity contribution in [2.24, 2.45) is 4.99 Å². The van der Waals surface area contributed by atoms with Gasteiger partial charge >= 0.3 is 0 Å². The van der Waals surface area contributed by atoms with Gasteiger partial charge in [-0.2, -0.15) is 0 Å². The summed E-state index contributed by atoms with van der Waals surface area (Å²) in [6.07, 6.45) is 4.02. The van der Waals surface area contributed by atoms with Gasteiger partial charge in [0.2, 0.25) is 0 Å². The van der Waals surface area contributed by atoms with E-state index in [2.05, 4.69) is 30.6 Å². The second-order valence-corrected chi connectivity index (χ2v) is 11.4. The number of benzene rings is 2. The van der Waals surface area contributed by atoms with Gasteiger partial charge in [-0.05, 0) is 67.9 Å². The molecule has 188 valence electrons. The number of aryl methyl sites for hydroxylation is 2. The Balaban J connectivity index is 1.20. The summed E-state index contributed by atoms with van der Waals surface area (Å²) in [5.41, 5.74) is 4.23. The molecule has 0 radical (unpaired) electrons. The molecule has 2 N–H and O–H groups in total. The van der Waals surface area contributed by atoms with Crippen LogP contribution < -0.4 is 15.4 Å². The third-order valence-electron chi connectivity index (χ3n) is 6.30. The maximum absolute atomic E-state index is 11.7. The molecule has 4 aromatic rings. The maximum Gasteiger partial charge on any atom is 0.290 e. The number of rotatable bonds is 6. The van der Waals surface area contributed by atoms with Crippen LogP contribution in [0.4, 0.5) is 17.2 Å². The van der Waals surface area contributed by atoms with Crippen molar-refractivity contribution < 1.29 is 17.9 Å². The van der Waals surface area contributed by atoms with Gasteiger partial charge in [-0.3, -0.25) is 4.98 Å². The van der Waals surface area contributed by atoms with Crippen molar-refractivity contribution >= 4 is 44.0 Å². The summed E-state index contributed by atoms with van der Waals surface area (Å²) in [6.45, 7) is 3.91. The van der Waals surface area contributed by atoms with Crippen LogP contribution in [-0.4, -0.2) is 53.0 Å². The van der Waals surface area contributed by atoms with E-state index in [9.17, 15) is 8.42 Å². The van der Waals surface area contributed by atoms with Crippen molar-refractivity contribution in [2.45, 2.75) is 31.2 Å². The molecule has 10 nitrogen and oxygen atoms in total. The highest BCUT2D eigenvalue weighted by Gasteiger charge is 2.63. The van der Waals surface area contributed by atoms with Crippen LogP contribution in [0.15, 0.2) is 66.0 Å². The molecule has 3 heterocycles. The lowest BCUT2D eigenvalue weighted by Gasteiger charge is -2.13. The number of amidine groups is 1. The summed E-state index contributed by atoms with van der Waals surface area (Å²) in [4.78, 5) is 17.4. The van der Waals surface area contributed by atoms with Crippen molar-refractivity contribution in [1.29, 1.82) is 0 Å². The molecule has 2 aliphatic rings. The van der Waals surface area contributed by atoms with Crippen LogP contribution in [0.3, 0.4) is 0 Å². The van der Waals surface area contributed by atoms with E-state index in [-0.39, 0.29) is 6.04 Å². The number of anilines is 3. The molecule has 37 heavy (non-hydrogen) atoms. The minimum absolute atomic E-state index is 0.315. The fourth-order valence-electron chi connectivity index (χ4n) is 4.36. The number of hydrogen-bond donors (Lipinski definition) is 2. The molecule has 0 amide bonds. The van der Waals surface area contributed by atoms with Crippen LogP contribution in [0, 0.1) is 13.8 Å². The van der Waals surface area contributed by atoms with Gasteiger partial charge < -0.3 is 20.1 Å². The number of hydrogen-bond acceptors (Lipinski definition) is 10. The first kappa shape index (κ1) is 23.2. The summed E-state index contributed by atoms with van der Waals surface area (Å²) in [6, 6.07) is 15.2. The van der Waals surface area contributed by atoms with Gasteiger partial charge in [0.05, 0.1) is 11.7 Å². The van der Waals surface area contributed by atoms with Gasteiger partial charge in [-0.15, -0.1) is 0 Å². The Labute approximate surface area is 213 Å². The summed E-state index contributed by atoms with van der Waals surface area (Å²) in [7, 11) is -3.17. The normalized spacial score (nSPS) is 20.1. The quantitative estimate of drug-likeness (QED) is 0.389. The number of fused-ring (bicyclic) bond motifs is 2. The molecule has 0 spiro atoms. The van der Waals surface area contributed by atoms with Crippen LogP contribution in [0.1, 0.15) is 11.3 Å². The van der Waals surface area contributed by atoms with E-state index in [1.54, 1.807) is 6.20 Å². The zero-order chi connectivity index (χ0) is 25.7. The Morgan fingerprint density at radius 2 is 1.76 bits per heavy atom.